The number of hydrogen-bond acceptors (Lipinski definition) is 3. The molecule has 3 nitrogen and oxygen atoms in total. The molecule has 2 rings (SSSR count). The number of aliphatic carboxylic acids is 1. The van der Waals surface area contributed by atoms with Gasteiger partial charge in [0.2, 0.25) is 0 Å². The Hall–Kier alpha value is -1.94. The molecule has 1 aromatic heterocycles. The number of thiophene rings is 1. The Morgan fingerprint density at radius 3 is 2.40 bits per heavy atom. The fourth-order valence-corrected chi connectivity index (χ4v) is 4.05. The SMILES string of the molecule is Cc1cc(C(=O)CCCCCC(=O)O)c(CCCc2ccccc2)s1. The first-order chi connectivity index (χ1) is 12.1. The summed E-state index contributed by atoms with van der Waals surface area (Å²) in [5, 5.41) is 8.64. The van der Waals surface area contributed by atoms with Crippen LogP contribution in [0.5, 0.6) is 0 Å². The Morgan fingerprint density at radius 1 is 0.960 bits per heavy atom. The van der Waals surface area contributed by atoms with Crippen LogP contribution in [0.25, 0.3) is 0 Å². The van der Waals surface area contributed by atoms with Gasteiger partial charge in [-0.3, -0.25) is 9.59 Å². The number of carbonyl (C=O) groups is 2. The van der Waals surface area contributed by atoms with Gasteiger partial charge in [-0.05, 0) is 50.7 Å². The minimum absolute atomic E-state index is 0.191. The van der Waals surface area contributed by atoms with Crippen LogP contribution in [-0.2, 0) is 17.6 Å². The lowest BCUT2D eigenvalue weighted by Gasteiger charge is -2.04. The van der Waals surface area contributed by atoms with Crippen molar-refractivity contribution in [3.8, 4) is 0 Å². The van der Waals surface area contributed by atoms with Gasteiger partial charge in [0.25, 0.3) is 0 Å². The first-order valence-corrected chi connectivity index (χ1v) is 9.76. The zero-order valence-corrected chi connectivity index (χ0v) is 15.6. The lowest BCUT2D eigenvalue weighted by atomic mass is 10.0. The van der Waals surface area contributed by atoms with Crippen molar-refractivity contribution < 1.29 is 14.7 Å². The fraction of sp³-hybridized carbons (Fsp3) is 0.429. The average Bonchev–Trinajstić information content (AvgIpc) is 2.96. The third-order valence-corrected chi connectivity index (χ3v) is 5.35. The van der Waals surface area contributed by atoms with Crippen LogP contribution < -0.4 is 0 Å². The van der Waals surface area contributed by atoms with E-state index in [-0.39, 0.29) is 12.2 Å². The molecule has 0 radical (unpaired) electrons. The van der Waals surface area contributed by atoms with E-state index in [4.69, 9.17) is 5.11 Å². The highest BCUT2D eigenvalue weighted by molar-refractivity contribution is 7.12. The van der Waals surface area contributed by atoms with Crippen molar-refractivity contribution in [3.63, 3.8) is 0 Å². The van der Waals surface area contributed by atoms with Crippen LogP contribution in [0.1, 0.15) is 64.2 Å². The quantitative estimate of drug-likeness (QED) is 0.429. The van der Waals surface area contributed by atoms with Gasteiger partial charge < -0.3 is 5.11 Å². The number of Topliss-reactive ketones (excluding diaryl/α,β-unsaturated/α-hetero) is 1. The molecule has 4 heteroatoms. The zero-order chi connectivity index (χ0) is 18.1. The number of aryl methyl sites for hydroxylation is 3. The van der Waals surface area contributed by atoms with E-state index in [0.717, 1.165) is 37.7 Å². The Kier molecular flexibility index (Phi) is 7.86. The first-order valence-electron chi connectivity index (χ1n) is 8.94. The van der Waals surface area contributed by atoms with Crippen molar-refractivity contribution in [3.05, 3.63) is 57.3 Å². The highest BCUT2D eigenvalue weighted by Gasteiger charge is 2.14. The van der Waals surface area contributed by atoms with Crippen LogP contribution in [0, 0.1) is 6.92 Å². The van der Waals surface area contributed by atoms with Gasteiger partial charge in [-0.15, -0.1) is 11.3 Å². The van der Waals surface area contributed by atoms with Crippen LogP contribution in [0.2, 0.25) is 0 Å². The average molecular weight is 359 g/mol. The third kappa shape index (κ3) is 6.83. The summed E-state index contributed by atoms with van der Waals surface area (Å²) in [6, 6.07) is 12.4. The maximum atomic E-state index is 12.5. The van der Waals surface area contributed by atoms with E-state index < -0.39 is 5.97 Å². The summed E-state index contributed by atoms with van der Waals surface area (Å²) >= 11 is 1.73. The third-order valence-electron chi connectivity index (χ3n) is 4.24. The predicted molar refractivity (Wildman–Crippen MR) is 103 cm³/mol. The summed E-state index contributed by atoms with van der Waals surface area (Å²) < 4.78 is 0. The Labute approximate surface area is 153 Å². The maximum Gasteiger partial charge on any atom is 0.303 e. The van der Waals surface area contributed by atoms with Crippen molar-refractivity contribution in [2.24, 2.45) is 0 Å². The Bertz CT molecular complexity index is 688. The predicted octanol–water partition coefficient (Wildman–Crippen LogP) is 5.45. The topological polar surface area (TPSA) is 54.4 Å². The molecule has 0 amide bonds. The van der Waals surface area contributed by atoms with Gasteiger partial charge in [-0.1, -0.05) is 36.8 Å². The van der Waals surface area contributed by atoms with Crippen molar-refractivity contribution in [2.45, 2.75) is 58.3 Å². The molecule has 25 heavy (non-hydrogen) atoms. The molecule has 0 saturated carbocycles. The number of carbonyl (C=O) groups excluding carboxylic acids is 1. The van der Waals surface area contributed by atoms with Crippen molar-refractivity contribution >= 4 is 23.1 Å². The van der Waals surface area contributed by atoms with Crippen LogP contribution in [0.15, 0.2) is 36.4 Å². The smallest absolute Gasteiger partial charge is 0.303 e. The molecule has 0 unspecified atom stereocenters. The number of rotatable bonds is 11. The van der Waals surface area contributed by atoms with Gasteiger partial charge in [0, 0.05) is 28.2 Å². The molecule has 0 fully saturated rings. The minimum Gasteiger partial charge on any atom is -0.481 e. The molecular formula is C21H26O3S. The number of hydrogen-bond donors (Lipinski definition) is 1. The largest absolute Gasteiger partial charge is 0.481 e. The van der Waals surface area contributed by atoms with Gasteiger partial charge in [0.05, 0.1) is 0 Å². The second-order valence-electron chi connectivity index (χ2n) is 6.41. The molecular weight excluding hydrogens is 332 g/mol. The molecule has 0 aliphatic carbocycles. The van der Waals surface area contributed by atoms with Gasteiger partial charge in [-0.25, -0.2) is 0 Å². The standard InChI is InChI=1S/C21H26O3S/c1-16-15-18(19(22)12-6-3-7-14-21(23)24)20(25-16)13-8-11-17-9-4-2-5-10-17/h2,4-5,9-10,15H,3,6-8,11-14H2,1H3,(H,23,24). The summed E-state index contributed by atoms with van der Waals surface area (Å²) in [7, 11) is 0. The number of ketones is 1. The molecule has 0 aliphatic heterocycles. The molecule has 1 N–H and O–H groups in total. The van der Waals surface area contributed by atoms with Gasteiger partial charge in [-0.2, -0.15) is 0 Å². The van der Waals surface area contributed by atoms with Gasteiger partial charge in [0.15, 0.2) is 5.78 Å². The van der Waals surface area contributed by atoms with Crippen molar-refractivity contribution in [1.29, 1.82) is 0 Å². The van der Waals surface area contributed by atoms with E-state index in [0.29, 0.717) is 12.8 Å². The van der Waals surface area contributed by atoms with E-state index in [1.54, 1.807) is 11.3 Å². The number of unbranched alkanes of at least 4 members (excludes halogenated alkanes) is 2. The Morgan fingerprint density at radius 2 is 1.68 bits per heavy atom. The summed E-state index contributed by atoms with van der Waals surface area (Å²) in [4.78, 5) is 25.4. The highest BCUT2D eigenvalue weighted by Crippen LogP contribution is 2.26. The molecule has 134 valence electrons. The van der Waals surface area contributed by atoms with E-state index in [2.05, 4.69) is 31.2 Å². The summed E-state index contributed by atoms with van der Waals surface area (Å²) in [5.74, 6) is -0.560. The second-order valence-corrected chi connectivity index (χ2v) is 7.75. The fourth-order valence-electron chi connectivity index (χ4n) is 2.96. The number of benzene rings is 1. The van der Waals surface area contributed by atoms with E-state index in [1.165, 1.54) is 15.3 Å². The van der Waals surface area contributed by atoms with Crippen molar-refractivity contribution in [2.75, 3.05) is 0 Å². The molecule has 0 aliphatic rings. The summed E-state index contributed by atoms with van der Waals surface area (Å²) in [5.41, 5.74) is 2.22. The van der Waals surface area contributed by atoms with E-state index in [1.807, 2.05) is 12.1 Å². The van der Waals surface area contributed by atoms with Crippen LogP contribution in [0.3, 0.4) is 0 Å². The molecule has 1 heterocycles. The Balaban J connectivity index is 1.82. The molecule has 0 spiro atoms. The second kappa shape index (κ2) is 10.1. The molecule has 2 aromatic rings. The lowest BCUT2D eigenvalue weighted by molar-refractivity contribution is -0.137. The normalized spacial score (nSPS) is 10.8. The molecule has 0 atom stereocenters. The summed E-state index contributed by atoms with van der Waals surface area (Å²) in [6.45, 7) is 2.05. The number of carboxylic acid groups (broad SMARTS) is 1. The maximum absolute atomic E-state index is 12.5. The monoisotopic (exact) mass is 358 g/mol. The van der Waals surface area contributed by atoms with Gasteiger partial charge in [0.1, 0.15) is 0 Å². The van der Waals surface area contributed by atoms with Crippen LogP contribution >= 0.6 is 11.3 Å². The minimum atomic E-state index is -0.763. The van der Waals surface area contributed by atoms with E-state index >= 15 is 0 Å². The zero-order valence-electron chi connectivity index (χ0n) is 14.8. The van der Waals surface area contributed by atoms with Crippen LogP contribution in [0.4, 0.5) is 0 Å². The lowest BCUT2D eigenvalue weighted by Crippen LogP contribution is -2.02. The van der Waals surface area contributed by atoms with Gasteiger partial charge >= 0.3 is 5.97 Å². The van der Waals surface area contributed by atoms with Crippen LogP contribution in [-0.4, -0.2) is 16.9 Å². The molecule has 0 saturated heterocycles. The summed E-state index contributed by atoms with van der Waals surface area (Å²) in [6.07, 6.45) is 5.93. The number of carboxylic acids is 1. The highest BCUT2D eigenvalue weighted by atomic mass is 32.1. The molecule has 1 aromatic carbocycles. The first kappa shape index (κ1) is 19.4. The molecule has 0 bridgehead atoms. The van der Waals surface area contributed by atoms with Crippen molar-refractivity contribution in [1.82, 2.24) is 0 Å². The van der Waals surface area contributed by atoms with E-state index in [9.17, 15) is 9.59 Å².